The van der Waals surface area contributed by atoms with Crippen LogP contribution in [0.4, 0.5) is 0 Å². The van der Waals surface area contributed by atoms with Gasteiger partial charge in [-0.15, -0.1) is 0 Å². The monoisotopic (exact) mass is 252 g/mol. The summed E-state index contributed by atoms with van der Waals surface area (Å²) >= 11 is 0. The third-order valence-corrected chi connectivity index (χ3v) is 5.17. The standard InChI is InChI=1S/C16H32N2/c1-5-17-14-6-7-15(12-14)18-10-8-13(9-11-18)16(2,3)4/h13-15,17H,5-12H2,1-4H3. The fourth-order valence-corrected chi connectivity index (χ4v) is 3.89. The Hall–Kier alpha value is -0.0800. The number of hydrogen-bond donors (Lipinski definition) is 1. The Morgan fingerprint density at radius 1 is 1.06 bits per heavy atom. The molecule has 2 aliphatic rings. The molecule has 2 atom stereocenters. The zero-order valence-electron chi connectivity index (χ0n) is 12.8. The number of piperidine rings is 1. The zero-order chi connectivity index (χ0) is 13.2. The van der Waals surface area contributed by atoms with Gasteiger partial charge in [0.15, 0.2) is 0 Å². The molecular weight excluding hydrogens is 220 g/mol. The molecule has 1 heterocycles. The molecule has 0 aromatic rings. The largest absolute Gasteiger partial charge is 0.314 e. The highest BCUT2D eigenvalue weighted by atomic mass is 15.2. The van der Waals surface area contributed by atoms with Gasteiger partial charge >= 0.3 is 0 Å². The van der Waals surface area contributed by atoms with Gasteiger partial charge < -0.3 is 10.2 Å². The molecule has 2 rings (SSSR count). The van der Waals surface area contributed by atoms with Crippen LogP contribution in [0, 0.1) is 11.3 Å². The van der Waals surface area contributed by atoms with Crippen LogP contribution in [-0.4, -0.2) is 36.6 Å². The van der Waals surface area contributed by atoms with Crippen LogP contribution in [0.15, 0.2) is 0 Å². The lowest BCUT2D eigenvalue weighted by molar-refractivity contribution is 0.0835. The summed E-state index contributed by atoms with van der Waals surface area (Å²) in [5.74, 6) is 0.930. The van der Waals surface area contributed by atoms with E-state index >= 15 is 0 Å². The van der Waals surface area contributed by atoms with E-state index in [1.807, 2.05) is 0 Å². The number of hydrogen-bond acceptors (Lipinski definition) is 2. The molecule has 0 spiro atoms. The van der Waals surface area contributed by atoms with Crippen molar-refractivity contribution in [1.82, 2.24) is 10.2 Å². The maximum atomic E-state index is 3.62. The smallest absolute Gasteiger partial charge is 0.0111 e. The summed E-state index contributed by atoms with van der Waals surface area (Å²) in [5.41, 5.74) is 0.508. The molecule has 1 aliphatic carbocycles. The number of likely N-dealkylation sites (tertiary alicyclic amines) is 1. The summed E-state index contributed by atoms with van der Waals surface area (Å²) in [7, 11) is 0. The van der Waals surface area contributed by atoms with Gasteiger partial charge in [-0.3, -0.25) is 0 Å². The van der Waals surface area contributed by atoms with Crippen molar-refractivity contribution in [3.8, 4) is 0 Å². The lowest BCUT2D eigenvalue weighted by Gasteiger charge is -2.41. The quantitative estimate of drug-likeness (QED) is 0.829. The molecule has 0 aromatic carbocycles. The Morgan fingerprint density at radius 3 is 2.28 bits per heavy atom. The minimum Gasteiger partial charge on any atom is -0.314 e. The molecule has 1 aliphatic heterocycles. The molecule has 2 fully saturated rings. The van der Waals surface area contributed by atoms with E-state index in [4.69, 9.17) is 0 Å². The summed E-state index contributed by atoms with van der Waals surface area (Å²) in [4.78, 5) is 2.78. The second-order valence-corrected chi connectivity index (χ2v) is 7.40. The summed E-state index contributed by atoms with van der Waals surface area (Å²) in [6.07, 6.45) is 7.00. The highest BCUT2D eigenvalue weighted by molar-refractivity contribution is 4.90. The molecule has 1 saturated carbocycles. The van der Waals surface area contributed by atoms with Crippen molar-refractivity contribution in [2.24, 2.45) is 11.3 Å². The normalized spacial score (nSPS) is 32.0. The molecule has 0 radical (unpaired) electrons. The van der Waals surface area contributed by atoms with Gasteiger partial charge in [-0.1, -0.05) is 27.7 Å². The van der Waals surface area contributed by atoms with Crippen LogP contribution >= 0.6 is 0 Å². The number of nitrogens with one attached hydrogen (secondary N) is 1. The average Bonchev–Trinajstić information content (AvgIpc) is 2.77. The lowest BCUT2D eigenvalue weighted by atomic mass is 9.75. The second kappa shape index (κ2) is 5.92. The van der Waals surface area contributed by atoms with Crippen molar-refractivity contribution >= 4 is 0 Å². The Balaban J connectivity index is 1.77. The van der Waals surface area contributed by atoms with E-state index < -0.39 is 0 Å². The molecule has 106 valence electrons. The summed E-state index contributed by atoms with van der Waals surface area (Å²) < 4.78 is 0. The molecule has 2 heteroatoms. The first-order valence-corrected chi connectivity index (χ1v) is 7.98. The van der Waals surface area contributed by atoms with Crippen LogP contribution < -0.4 is 5.32 Å². The predicted octanol–water partition coefficient (Wildman–Crippen LogP) is 3.28. The first-order valence-electron chi connectivity index (χ1n) is 7.98. The molecule has 1 N–H and O–H groups in total. The van der Waals surface area contributed by atoms with Crippen LogP contribution in [0.25, 0.3) is 0 Å². The van der Waals surface area contributed by atoms with Crippen molar-refractivity contribution in [3.05, 3.63) is 0 Å². The van der Waals surface area contributed by atoms with Crippen LogP contribution in [0.3, 0.4) is 0 Å². The van der Waals surface area contributed by atoms with Gasteiger partial charge in [0, 0.05) is 12.1 Å². The van der Waals surface area contributed by atoms with Gasteiger partial charge in [0.05, 0.1) is 0 Å². The highest BCUT2D eigenvalue weighted by Crippen LogP contribution is 2.36. The Kier molecular flexibility index (Phi) is 4.71. The average molecular weight is 252 g/mol. The van der Waals surface area contributed by atoms with Gasteiger partial charge in [-0.25, -0.2) is 0 Å². The van der Waals surface area contributed by atoms with Gasteiger partial charge in [0.25, 0.3) is 0 Å². The van der Waals surface area contributed by atoms with Crippen molar-refractivity contribution in [1.29, 1.82) is 0 Å². The van der Waals surface area contributed by atoms with Crippen LogP contribution in [0.5, 0.6) is 0 Å². The van der Waals surface area contributed by atoms with E-state index in [2.05, 4.69) is 37.9 Å². The van der Waals surface area contributed by atoms with E-state index in [0.29, 0.717) is 5.41 Å². The van der Waals surface area contributed by atoms with E-state index in [-0.39, 0.29) is 0 Å². The first kappa shape index (κ1) is 14.3. The number of nitrogens with zero attached hydrogens (tertiary/aromatic N) is 1. The molecule has 18 heavy (non-hydrogen) atoms. The molecule has 0 bridgehead atoms. The minimum absolute atomic E-state index is 0.508. The van der Waals surface area contributed by atoms with Crippen LogP contribution in [-0.2, 0) is 0 Å². The van der Waals surface area contributed by atoms with Crippen molar-refractivity contribution in [3.63, 3.8) is 0 Å². The zero-order valence-corrected chi connectivity index (χ0v) is 12.8. The molecule has 0 aromatic heterocycles. The molecule has 2 unspecified atom stereocenters. The van der Waals surface area contributed by atoms with Crippen molar-refractivity contribution in [2.45, 2.75) is 71.9 Å². The van der Waals surface area contributed by atoms with Crippen molar-refractivity contribution in [2.75, 3.05) is 19.6 Å². The van der Waals surface area contributed by atoms with Gasteiger partial charge in [0.1, 0.15) is 0 Å². The van der Waals surface area contributed by atoms with E-state index in [1.165, 1.54) is 45.2 Å². The highest BCUT2D eigenvalue weighted by Gasteiger charge is 2.34. The fourth-order valence-electron chi connectivity index (χ4n) is 3.89. The first-order chi connectivity index (χ1) is 8.50. The second-order valence-electron chi connectivity index (χ2n) is 7.40. The summed E-state index contributed by atoms with van der Waals surface area (Å²) in [5, 5.41) is 3.62. The third-order valence-electron chi connectivity index (χ3n) is 5.17. The van der Waals surface area contributed by atoms with Crippen LogP contribution in [0.1, 0.15) is 59.8 Å². The van der Waals surface area contributed by atoms with E-state index in [0.717, 1.165) is 24.5 Å². The van der Waals surface area contributed by atoms with Gasteiger partial charge in [-0.05, 0) is 63.1 Å². The maximum Gasteiger partial charge on any atom is 0.0111 e. The fraction of sp³-hybridized carbons (Fsp3) is 1.00. The topological polar surface area (TPSA) is 15.3 Å². The molecule has 0 amide bonds. The van der Waals surface area contributed by atoms with E-state index in [1.54, 1.807) is 0 Å². The molecule has 1 saturated heterocycles. The van der Waals surface area contributed by atoms with Gasteiger partial charge in [0.2, 0.25) is 0 Å². The van der Waals surface area contributed by atoms with Crippen molar-refractivity contribution < 1.29 is 0 Å². The minimum atomic E-state index is 0.508. The maximum absolute atomic E-state index is 3.62. The van der Waals surface area contributed by atoms with Crippen LogP contribution in [0.2, 0.25) is 0 Å². The SMILES string of the molecule is CCNC1CCC(N2CCC(C(C)(C)C)CC2)C1. The Morgan fingerprint density at radius 2 is 1.72 bits per heavy atom. The predicted molar refractivity (Wildman–Crippen MR) is 78.9 cm³/mol. The Labute approximate surface area is 114 Å². The van der Waals surface area contributed by atoms with Gasteiger partial charge in [-0.2, -0.15) is 0 Å². The van der Waals surface area contributed by atoms with E-state index in [9.17, 15) is 0 Å². The summed E-state index contributed by atoms with van der Waals surface area (Å²) in [6, 6.07) is 1.66. The Bertz CT molecular complexity index is 248. The molecular formula is C16H32N2. The summed E-state index contributed by atoms with van der Waals surface area (Å²) in [6.45, 7) is 13.3. The molecule has 2 nitrogen and oxygen atoms in total. The third kappa shape index (κ3) is 3.48. The lowest BCUT2D eigenvalue weighted by Crippen LogP contribution is -2.43. The number of rotatable bonds is 3.